The molecule has 0 atom stereocenters. The molecule has 0 unspecified atom stereocenters. The lowest BCUT2D eigenvalue weighted by atomic mass is 9.80. The normalized spacial score (nSPS) is 15.7. The van der Waals surface area contributed by atoms with E-state index in [4.69, 9.17) is 4.74 Å². The number of anilines is 2. The molecule has 3 N–H and O–H groups in total. The maximum atomic E-state index is 14.0. The van der Waals surface area contributed by atoms with Gasteiger partial charge in [-0.1, -0.05) is 89.4 Å². The van der Waals surface area contributed by atoms with Crippen LogP contribution in [0.5, 0.6) is 11.5 Å². The number of amides is 5. The van der Waals surface area contributed by atoms with E-state index in [1.54, 1.807) is 11.0 Å². The van der Waals surface area contributed by atoms with Gasteiger partial charge in [-0.2, -0.15) is 0 Å². The highest BCUT2D eigenvalue weighted by Gasteiger charge is 2.58. The first-order valence-corrected chi connectivity index (χ1v) is 15.6. The predicted octanol–water partition coefficient (Wildman–Crippen LogP) is 7.33. The van der Waals surface area contributed by atoms with E-state index < -0.39 is 11.6 Å². The topological polar surface area (TPSA) is 122 Å². The second-order valence-electron chi connectivity index (χ2n) is 12.3. The standard InChI is InChI=1S/C34H39N3O4.C2H5NO/c1-23(2)28-17-12-18-29(24(3)4)31(28)35-30(38)22-36-32(39)34(19-9-6-10-20-34)37(33(36)40)25-13-11-16-27(21-25)41-26-14-7-5-8-15-26;1-2(3)4/h5,7-8,11-18,21,23-24H,6,9-10,19-20,22H2,1-4H3,(H,35,38);1H3,(H2,3,4). The van der Waals surface area contributed by atoms with Crippen LogP contribution in [0.25, 0.3) is 0 Å². The van der Waals surface area contributed by atoms with Crippen molar-refractivity contribution in [3.63, 3.8) is 0 Å². The predicted molar refractivity (Wildman–Crippen MR) is 176 cm³/mol. The largest absolute Gasteiger partial charge is 0.457 e. The number of carbonyl (C=O) groups excluding carboxylic acids is 4. The highest BCUT2D eigenvalue weighted by molar-refractivity contribution is 6.18. The molecule has 5 amide bonds. The van der Waals surface area contributed by atoms with E-state index in [1.807, 2.05) is 66.7 Å². The summed E-state index contributed by atoms with van der Waals surface area (Å²) >= 11 is 0. The first kappa shape index (κ1) is 33.2. The first-order chi connectivity index (χ1) is 21.4. The summed E-state index contributed by atoms with van der Waals surface area (Å²) in [7, 11) is 0. The molecule has 1 aliphatic carbocycles. The Bertz CT molecular complexity index is 1500. The molecule has 2 fully saturated rings. The van der Waals surface area contributed by atoms with E-state index in [-0.39, 0.29) is 36.1 Å². The number of primary amides is 1. The van der Waals surface area contributed by atoms with E-state index in [9.17, 15) is 19.2 Å². The van der Waals surface area contributed by atoms with Gasteiger partial charge < -0.3 is 15.8 Å². The molecule has 5 rings (SSSR count). The Morgan fingerprint density at radius 2 is 1.40 bits per heavy atom. The number of urea groups is 1. The molecule has 0 aromatic heterocycles. The summed E-state index contributed by atoms with van der Waals surface area (Å²) in [5.74, 6) is 0.642. The number of rotatable bonds is 8. The minimum Gasteiger partial charge on any atom is -0.457 e. The molecule has 9 nitrogen and oxygen atoms in total. The fourth-order valence-corrected chi connectivity index (χ4v) is 6.14. The highest BCUT2D eigenvalue weighted by atomic mass is 16.5. The molecular weight excluding hydrogens is 568 g/mol. The van der Waals surface area contributed by atoms with Crippen molar-refractivity contribution < 1.29 is 23.9 Å². The Morgan fingerprint density at radius 3 is 1.98 bits per heavy atom. The van der Waals surface area contributed by atoms with E-state index in [0.29, 0.717) is 30.0 Å². The molecular formula is C36H44N4O5. The van der Waals surface area contributed by atoms with E-state index in [1.165, 1.54) is 6.92 Å². The third-order valence-corrected chi connectivity index (χ3v) is 8.17. The minimum absolute atomic E-state index is 0.199. The third kappa shape index (κ3) is 7.53. The Labute approximate surface area is 265 Å². The van der Waals surface area contributed by atoms with Crippen LogP contribution in [-0.4, -0.2) is 40.7 Å². The van der Waals surface area contributed by atoms with Gasteiger partial charge in [0.15, 0.2) is 0 Å². The third-order valence-electron chi connectivity index (χ3n) is 8.17. The Morgan fingerprint density at radius 1 is 0.844 bits per heavy atom. The summed E-state index contributed by atoms with van der Waals surface area (Å²) in [5.41, 5.74) is 6.90. The maximum Gasteiger partial charge on any atom is 0.332 e. The van der Waals surface area contributed by atoms with Gasteiger partial charge in [0, 0.05) is 18.7 Å². The molecule has 1 saturated heterocycles. The fourth-order valence-electron chi connectivity index (χ4n) is 6.14. The van der Waals surface area contributed by atoms with Crippen molar-refractivity contribution in [3.8, 4) is 11.5 Å². The summed E-state index contributed by atoms with van der Waals surface area (Å²) in [4.78, 5) is 53.5. The molecule has 0 radical (unpaired) electrons. The van der Waals surface area contributed by atoms with Gasteiger partial charge in [-0.3, -0.25) is 24.2 Å². The minimum atomic E-state index is -1.00. The van der Waals surface area contributed by atoms with Crippen LogP contribution in [0, 0.1) is 0 Å². The number of nitrogens with zero attached hydrogens (tertiary/aromatic N) is 2. The molecule has 0 bridgehead atoms. The van der Waals surface area contributed by atoms with E-state index in [2.05, 4.69) is 38.7 Å². The maximum absolute atomic E-state index is 14.0. The van der Waals surface area contributed by atoms with Gasteiger partial charge >= 0.3 is 6.03 Å². The van der Waals surface area contributed by atoms with Crippen molar-refractivity contribution in [2.24, 2.45) is 5.73 Å². The molecule has 3 aromatic carbocycles. The number of hydrogen-bond acceptors (Lipinski definition) is 5. The second-order valence-corrected chi connectivity index (χ2v) is 12.3. The summed E-state index contributed by atoms with van der Waals surface area (Å²) in [5, 5.41) is 3.07. The van der Waals surface area contributed by atoms with Gasteiger partial charge in [-0.25, -0.2) is 4.79 Å². The van der Waals surface area contributed by atoms with Crippen molar-refractivity contribution in [2.75, 3.05) is 16.8 Å². The Kier molecular flexibility index (Phi) is 10.6. The number of nitrogens with two attached hydrogens (primary N) is 1. The summed E-state index contributed by atoms with van der Waals surface area (Å²) in [6, 6.07) is 22.3. The average Bonchev–Trinajstić information content (AvgIpc) is 3.18. The van der Waals surface area contributed by atoms with Crippen LogP contribution >= 0.6 is 0 Å². The van der Waals surface area contributed by atoms with Crippen LogP contribution in [0.1, 0.15) is 89.7 Å². The number of imide groups is 1. The highest BCUT2D eigenvalue weighted by Crippen LogP contribution is 2.44. The van der Waals surface area contributed by atoms with Crippen molar-refractivity contribution >= 4 is 35.1 Å². The van der Waals surface area contributed by atoms with Gasteiger partial charge in [-0.15, -0.1) is 0 Å². The van der Waals surface area contributed by atoms with Crippen molar-refractivity contribution in [3.05, 3.63) is 83.9 Å². The van der Waals surface area contributed by atoms with Gasteiger partial charge in [0.05, 0.1) is 5.69 Å². The number of hydrogen-bond donors (Lipinski definition) is 2. The lowest BCUT2D eigenvalue weighted by molar-refractivity contribution is -0.134. The number of ether oxygens (including phenoxy) is 1. The lowest BCUT2D eigenvalue weighted by Gasteiger charge is -2.38. The van der Waals surface area contributed by atoms with E-state index >= 15 is 0 Å². The second kappa shape index (κ2) is 14.4. The zero-order valence-corrected chi connectivity index (χ0v) is 26.8. The fraction of sp³-hybridized carbons (Fsp3) is 0.389. The molecule has 9 heteroatoms. The zero-order valence-electron chi connectivity index (χ0n) is 26.8. The molecule has 3 aromatic rings. The van der Waals surface area contributed by atoms with Gasteiger partial charge in [0.1, 0.15) is 23.6 Å². The van der Waals surface area contributed by atoms with Crippen molar-refractivity contribution in [2.45, 2.75) is 84.1 Å². The van der Waals surface area contributed by atoms with E-state index in [0.717, 1.165) is 41.0 Å². The van der Waals surface area contributed by atoms with Crippen LogP contribution in [0.2, 0.25) is 0 Å². The molecule has 238 valence electrons. The molecule has 45 heavy (non-hydrogen) atoms. The summed E-state index contributed by atoms with van der Waals surface area (Å²) in [6.45, 7) is 9.32. The summed E-state index contributed by atoms with van der Waals surface area (Å²) < 4.78 is 6.03. The van der Waals surface area contributed by atoms with Crippen LogP contribution in [0.3, 0.4) is 0 Å². The molecule has 1 heterocycles. The average molecular weight is 613 g/mol. The molecule has 2 aliphatic rings. The van der Waals surface area contributed by atoms with Crippen molar-refractivity contribution in [1.82, 2.24) is 4.90 Å². The van der Waals surface area contributed by atoms with Crippen LogP contribution in [0.15, 0.2) is 72.8 Å². The smallest absolute Gasteiger partial charge is 0.332 e. The summed E-state index contributed by atoms with van der Waals surface area (Å²) in [6.07, 6.45) is 3.82. The lowest BCUT2D eigenvalue weighted by Crippen LogP contribution is -2.51. The van der Waals surface area contributed by atoms with Crippen LogP contribution < -0.4 is 20.7 Å². The van der Waals surface area contributed by atoms with Gasteiger partial charge in [-0.05, 0) is 60.1 Å². The van der Waals surface area contributed by atoms with Crippen molar-refractivity contribution in [1.29, 1.82) is 0 Å². The molecule has 1 aliphatic heterocycles. The first-order valence-electron chi connectivity index (χ1n) is 15.6. The molecule has 1 saturated carbocycles. The zero-order chi connectivity index (χ0) is 32.7. The number of nitrogens with one attached hydrogen (secondary N) is 1. The monoisotopic (exact) mass is 612 g/mol. The number of carbonyl (C=O) groups is 4. The number of para-hydroxylation sites is 2. The van der Waals surface area contributed by atoms with Crippen LogP contribution in [0.4, 0.5) is 16.2 Å². The quantitative estimate of drug-likeness (QED) is 0.258. The SMILES string of the molecule is CC(C)c1cccc(C(C)C)c1NC(=O)CN1C(=O)N(c2cccc(Oc3ccccc3)c2)C2(CCCCC2)C1=O.CC(N)=O. The Balaban J connectivity index is 0.00000109. The Hall–Kier alpha value is -4.66. The number of benzene rings is 3. The molecule has 1 spiro atoms. The van der Waals surface area contributed by atoms with Crippen LogP contribution in [-0.2, 0) is 14.4 Å². The van der Waals surface area contributed by atoms with Gasteiger partial charge in [0.25, 0.3) is 5.91 Å². The van der Waals surface area contributed by atoms with Gasteiger partial charge in [0.2, 0.25) is 11.8 Å².